The van der Waals surface area contributed by atoms with Crippen LogP contribution in [0.5, 0.6) is 0 Å². The van der Waals surface area contributed by atoms with Crippen molar-refractivity contribution in [2.24, 2.45) is 5.92 Å². The van der Waals surface area contributed by atoms with Crippen molar-refractivity contribution in [1.82, 2.24) is 15.8 Å². The van der Waals surface area contributed by atoms with Crippen LogP contribution in [0.2, 0.25) is 0 Å². The van der Waals surface area contributed by atoms with Gasteiger partial charge in [-0.3, -0.25) is 15.6 Å². The molecule has 0 aromatic heterocycles. The summed E-state index contributed by atoms with van der Waals surface area (Å²) in [7, 11) is 2.11. The van der Waals surface area contributed by atoms with E-state index >= 15 is 0 Å². The lowest BCUT2D eigenvalue weighted by Crippen LogP contribution is -2.30. The van der Waals surface area contributed by atoms with Gasteiger partial charge < -0.3 is 10.2 Å². The van der Waals surface area contributed by atoms with Crippen LogP contribution in [0.4, 0.5) is 5.69 Å². The van der Waals surface area contributed by atoms with Crippen LogP contribution in [0, 0.1) is 5.92 Å². The zero-order chi connectivity index (χ0) is 18.5. The highest BCUT2D eigenvalue weighted by Gasteiger charge is 2.28. The van der Waals surface area contributed by atoms with Crippen LogP contribution in [-0.2, 0) is 17.6 Å². The van der Waals surface area contributed by atoms with Gasteiger partial charge in [0, 0.05) is 30.7 Å². The first-order valence-corrected chi connectivity index (χ1v) is 10.1. The fourth-order valence-electron chi connectivity index (χ4n) is 4.28. The van der Waals surface area contributed by atoms with Gasteiger partial charge in [-0.1, -0.05) is 6.07 Å². The summed E-state index contributed by atoms with van der Waals surface area (Å²) in [5.41, 5.74) is 10.4. The number of hydrazine groups is 1. The van der Waals surface area contributed by atoms with E-state index in [1.54, 1.807) is 0 Å². The Kier molecular flexibility index (Phi) is 6.68. The van der Waals surface area contributed by atoms with Gasteiger partial charge in [-0.25, -0.2) is 0 Å². The van der Waals surface area contributed by atoms with Gasteiger partial charge in [-0.05, 0) is 88.7 Å². The van der Waals surface area contributed by atoms with Crippen LogP contribution in [0.1, 0.15) is 50.7 Å². The summed E-state index contributed by atoms with van der Waals surface area (Å²) in [4.78, 5) is 14.5. The lowest BCUT2D eigenvalue weighted by molar-refractivity contribution is -0.116. The van der Waals surface area contributed by atoms with Crippen molar-refractivity contribution < 1.29 is 4.79 Å². The van der Waals surface area contributed by atoms with E-state index in [1.165, 1.54) is 36.8 Å². The SMILES string of the molecule is CC1NNC(C)C1CCCN(C)CCC(=O)Nc1ccc2c(c1)CCC2. The second-order valence-electron chi connectivity index (χ2n) is 8.11. The maximum absolute atomic E-state index is 12.2. The number of amides is 1. The van der Waals surface area contributed by atoms with Gasteiger partial charge in [0.05, 0.1) is 0 Å². The molecule has 5 nitrogen and oxygen atoms in total. The molecule has 2 atom stereocenters. The Labute approximate surface area is 157 Å². The van der Waals surface area contributed by atoms with Crippen molar-refractivity contribution in [2.45, 2.75) is 64.5 Å². The Hall–Kier alpha value is -1.43. The summed E-state index contributed by atoms with van der Waals surface area (Å²) in [6.45, 7) is 6.34. The molecule has 1 aliphatic heterocycles. The number of rotatable bonds is 8. The van der Waals surface area contributed by atoms with Crippen LogP contribution in [0.3, 0.4) is 0 Å². The second kappa shape index (κ2) is 8.98. The van der Waals surface area contributed by atoms with Crippen LogP contribution < -0.4 is 16.2 Å². The minimum Gasteiger partial charge on any atom is -0.326 e. The Morgan fingerprint density at radius 2 is 1.88 bits per heavy atom. The molecule has 2 aliphatic rings. The van der Waals surface area contributed by atoms with E-state index in [2.05, 4.69) is 54.1 Å². The second-order valence-corrected chi connectivity index (χ2v) is 8.11. The quantitative estimate of drug-likeness (QED) is 0.669. The number of anilines is 1. The summed E-state index contributed by atoms with van der Waals surface area (Å²) in [6.07, 6.45) is 6.50. The van der Waals surface area contributed by atoms with Gasteiger partial charge in [-0.2, -0.15) is 0 Å². The predicted molar refractivity (Wildman–Crippen MR) is 107 cm³/mol. The minimum atomic E-state index is 0.112. The van der Waals surface area contributed by atoms with Gasteiger partial charge >= 0.3 is 0 Å². The molecule has 1 aromatic carbocycles. The molecule has 1 aromatic rings. The molecule has 1 aliphatic carbocycles. The van der Waals surface area contributed by atoms with E-state index in [0.717, 1.165) is 25.2 Å². The summed E-state index contributed by atoms with van der Waals surface area (Å²) in [6, 6.07) is 7.42. The van der Waals surface area contributed by atoms with Gasteiger partial charge in [0.2, 0.25) is 5.91 Å². The molecule has 2 unspecified atom stereocenters. The topological polar surface area (TPSA) is 56.4 Å². The van der Waals surface area contributed by atoms with Crippen LogP contribution in [0.25, 0.3) is 0 Å². The third-order valence-corrected chi connectivity index (χ3v) is 6.00. The van der Waals surface area contributed by atoms with Crippen LogP contribution in [-0.4, -0.2) is 43.0 Å². The molecule has 144 valence electrons. The van der Waals surface area contributed by atoms with E-state index in [1.807, 2.05) is 6.07 Å². The third kappa shape index (κ3) is 5.06. The number of fused-ring (bicyclic) bond motifs is 1. The number of hydrogen-bond acceptors (Lipinski definition) is 4. The van der Waals surface area contributed by atoms with E-state index in [4.69, 9.17) is 0 Å². The first-order valence-electron chi connectivity index (χ1n) is 10.1. The van der Waals surface area contributed by atoms with Gasteiger partial charge in [0.1, 0.15) is 0 Å². The van der Waals surface area contributed by atoms with E-state index < -0.39 is 0 Å². The molecule has 1 fully saturated rings. The van der Waals surface area contributed by atoms with Crippen molar-refractivity contribution in [3.05, 3.63) is 29.3 Å². The lowest BCUT2D eigenvalue weighted by atomic mass is 9.91. The fourth-order valence-corrected chi connectivity index (χ4v) is 4.28. The van der Waals surface area contributed by atoms with Crippen molar-refractivity contribution in [2.75, 3.05) is 25.5 Å². The molecule has 3 rings (SSSR count). The average Bonchev–Trinajstić information content (AvgIpc) is 3.20. The lowest BCUT2D eigenvalue weighted by Gasteiger charge is -2.20. The first-order chi connectivity index (χ1) is 12.5. The summed E-state index contributed by atoms with van der Waals surface area (Å²) >= 11 is 0. The Morgan fingerprint density at radius 1 is 1.15 bits per heavy atom. The molecule has 5 heteroatoms. The van der Waals surface area contributed by atoms with E-state index in [0.29, 0.717) is 24.4 Å². The third-order valence-electron chi connectivity index (χ3n) is 6.00. The maximum Gasteiger partial charge on any atom is 0.225 e. The monoisotopic (exact) mass is 358 g/mol. The summed E-state index contributed by atoms with van der Waals surface area (Å²) in [5, 5.41) is 3.06. The molecular weight excluding hydrogens is 324 g/mol. The number of carbonyl (C=O) groups excluding carboxylic acids is 1. The van der Waals surface area contributed by atoms with Crippen molar-refractivity contribution in [3.8, 4) is 0 Å². The van der Waals surface area contributed by atoms with Gasteiger partial charge in [-0.15, -0.1) is 0 Å². The smallest absolute Gasteiger partial charge is 0.225 e. The summed E-state index contributed by atoms with van der Waals surface area (Å²) in [5.74, 6) is 0.799. The number of carbonyl (C=O) groups is 1. The molecule has 26 heavy (non-hydrogen) atoms. The molecule has 1 amide bonds. The predicted octanol–water partition coefficient (Wildman–Crippen LogP) is 2.72. The molecule has 0 spiro atoms. The number of aryl methyl sites for hydroxylation is 2. The van der Waals surface area contributed by atoms with Crippen molar-refractivity contribution in [1.29, 1.82) is 0 Å². The highest BCUT2D eigenvalue weighted by atomic mass is 16.1. The molecule has 1 heterocycles. The fraction of sp³-hybridized carbons (Fsp3) is 0.667. The maximum atomic E-state index is 12.2. The molecule has 0 saturated carbocycles. The largest absolute Gasteiger partial charge is 0.326 e. The first kappa shape index (κ1) is 19.3. The van der Waals surface area contributed by atoms with Crippen LogP contribution >= 0.6 is 0 Å². The Bertz CT molecular complexity index is 608. The Balaban J connectivity index is 1.33. The van der Waals surface area contributed by atoms with Crippen LogP contribution in [0.15, 0.2) is 18.2 Å². The molecule has 3 N–H and O–H groups in total. The highest BCUT2D eigenvalue weighted by Crippen LogP contribution is 2.25. The standard InChI is InChI=1S/C21H34N4O/c1-15-20(16(2)24-23-15)8-5-12-25(3)13-11-21(26)22-19-10-9-17-6-4-7-18(17)14-19/h9-10,14-16,20,23-24H,4-8,11-13H2,1-3H3,(H,22,26). The number of nitrogens with zero attached hydrogens (tertiary/aromatic N) is 1. The zero-order valence-corrected chi connectivity index (χ0v) is 16.5. The minimum absolute atomic E-state index is 0.112. The summed E-state index contributed by atoms with van der Waals surface area (Å²) < 4.78 is 0. The average molecular weight is 359 g/mol. The highest BCUT2D eigenvalue weighted by molar-refractivity contribution is 5.91. The molecule has 1 saturated heterocycles. The number of benzene rings is 1. The van der Waals surface area contributed by atoms with Crippen molar-refractivity contribution in [3.63, 3.8) is 0 Å². The number of hydrogen-bond donors (Lipinski definition) is 3. The normalized spacial score (nSPS) is 24.8. The number of nitrogens with one attached hydrogen (secondary N) is 3. The van der Waals surface area contributed by atoms with E-state index in [9.17, 15) is 4.79 Å². The van der Waals surface area contributed by atoms with Crippen molar-refractivity contribution >= 4 is 11.6 Å². The molecular formula is C21H34N4O. The van der Waals surface area contributed by atoms with Gasteiger partial charge in [0.15, 0.2) is 0 Å². The Morgan fingerprint density at radius 3 is 2.65 bits per heavy atom. The molecule has 0 radical (unpaired) electrons. The molecule has 0 bridgehead atoms. The van der Waals surface area contributed by atoms with Gasteiger partial charge in [0.25, 0.3) is 0 Å². The van der Waals surface area contributed by atoms with E-state index in [-0.39, 0.29) is 5.91 Å². The zero-order valence-electron chi connectivity index (χ0n) is 16.5.